The minimum atomic E-state index is -0.292. The van der Waals surface area contributed by atoms with Gasteiger partial charge < -0.3 is 9.64 Å². The van der Waals surface area contributed by atoms with Crippen molar-refractivity contribution in [2.75, 3.05) is 18.0 Å². The van der Waals surface area contributed by atoms with Crippen LogP contribution in [-0.4, -0.2) is 34.1 Å². The number of halogens is 1. The number of rotatable bonds is 2. The summed E-state index contributed by atoms with van der Waals surface area (Å²) < 4.78 is 7.80. The Morgan fingerprint density at radius 3 is 2.50 bits per heavy atom. The molecule has 0 unspecified atom stereocenters. The molecule has 1 aliphatic heterocycles. The van der Waals surface area contributed by atoms with Crippen molar-refractivity contribution in [3.05, 3.63) is 51.9 Å². The van der Waals surface area contributed by atoms with Gasteiger partial charge in [-0.1, -0.05) is 42.6 Å². The summed E-state index contributed by atoms with van der Waals surface area (Å²) >= 11 is 6.51. The van der Waals surface area contributed by atoms with Crippen LogP contribution in [0.25, 0.3) is 5.69 Å². The summed E-state index contributed by atoms with van der Waals surface area (Å²) in [6, 6.07) is 9.34. The Hall–Kier alpha value is -1.85. The molecule has 1 spiro atoms. The van der Waals surface area contributed by atoms with Crippen LogP contribution in [-0.2, 0) is 4.74 Å². The topological polar surface area (TPSA) is 47.4 Å². The molecular weight excluding hydrogens is 350 g/mol. The fraction of sp³-hybridized carbons (Fsp3) is 0.500. The van der Waals surface area contributed by atoms with Gasteiger partial charge in [0.15, 0.2) is 0 Å². The van der Waals surface area contributed by atoms with E-state index in [1.165, 1.54) is 17.5 Å². The Kier molecular flexibility index (Phi) is 4.32. The van der Waals surface area contributed by atoms with Crippen molar-refractivity contribution < 1.29 is 4.74 Å². The molecule has 5 nitrogen and oxygen atoms in total. The van der Waals surface area contributed by atoms with Crippen LogP contribution in [0.1, 0.15) is 39.5 Å². The van der Waals surface area contributed by atoms with Gasteiger partial charge in [0, 0.05) is 13.1 Å². The van der Waals surface area contributed by atoms with Crippen LogP contribution in [0, 0.1) is 0 Å². The predicted molar refractivity (Wildman–Crippen MR) is 103 cm³/mol. The highest BCUT2D eigenvalue weighted by Gasteiger charge is 2.46. The molecule has 26 heavy (non-hydrogen) atoms. The molecule has 1 aliphatic carbocycles. The molecular formula is C20H24ClN3O2. The second-order valence-electron chi connectivity index (χ2n) is 8.00. The molecule has 1 aromatic carbocycles. The molecule has 138 valence electrons. The molecule has 1 saturated carbocycles. The van der Waals surface area contributed by atoms with Gasteiger partial charge in [0.2, 0.25) is 0 Å². The van der Waals surface area contributed by atoms with Crippen LogP contribution in [0.4, 0.5) is 5.69 Å². The Morgan fingerprint density at radius 1 is 1.12 bits per heavy atom. The molecule has 0 amide bonds. The van der Waals surface area contributed by atoms with Crippen molar-refractivity contribution in [3.63, 3.8) is 0 Å². The molecule has 1 aromatic heterocycles. The smallest absolute Gasteiger partial charge is 0.292 e. The van der Waals surface area contributed by atoms with Crippen molar-refractivity contribution in [3.8, 4) is 5.69 Å². The van der Waals surface area contributed by atoms with Crippen LogP contribution in [0.3, 0.4) is 0 Å². The van der Waals surface area contributed by atoms with Crippen LogP contribution in [0.2, 0.25) is 5.02 Å². The van der Waals surface area contributed by atoms with E-state index in [1.54, 1.807) is 6.20 Å². The summed E-state index contributed by atoms with van der Waals surface area (Å²) in [6.45, 7) is 5.65. The third-order valence-electron chi connectivity index (χ3n) is 5.30. The molecule has 0 atom stereocenters. The summed E-state index contributed by atoms with van der Waals surface area (Å²) in [5.41, 5.74) is 0.687. The average molecular weight is 374 g/mol. The number of anilines is 1. The normalized spacial score (nSPS) is 21.3. The fourth-order valence-corrected chi connectivity index (χ4v) is 4.61. The summed E-state index contributed by atoms with van der Waals surface area (Å²) in [5.74, 6) is 0. The first kappa shape index (κ1) is 17.6. The maximum Gasteiger partial charge on any atom is 0.292 e. The maximum absolute atomic E-state index is 12.8. The number of morpholine rings is 1. The quantitative estimate of drug-likeness (QED) is 0.803. The highest BCUT2D eigenvalue weighted by molar-refractivity contribution is 6.33. The third-order valence-corrected chi connectivity index (χ3v) is 5.66. The monoisotopic (exact) mass is 373 g/mol. The molecule has 1 saturated heterocycles. The van der Waals surface area contributed by atoms with Crippen molar-refractivity contribution in [2.24, 2.45) is 0 Å². The van der Waals surface area contributed by atoms with Gasteiger partial charge in [-0.05, 0) is 38.8 Å². The number of aromatic nitrogens is 2. The zero-order valence-electron chi connectivity index (χ0n) is 15.2. The molecule has 2 aliphatic rings. The number of nitrogens with zero attached hydrogens (tertiary/aromatic N) is 3. The van der Waals surface area contributed by atoms with E-state index in [-0.39, 0.29) is 21.8 Å². The fourth-order valence-electron chi connectivity index (χ4n) is 4.36. The second kappa shape index (κ2) is 6.39. The van der Waals surface area contributed by atoms with Gasteiger partial charge in [0.25, 0.3) is 5.56 Å². The van der Waals surface area contributed by atoms with E-state index in [1.807, 2.05) is 30.3 Å². The molecule has 0 bridgehead atoms. The van der Waals surface area contributed by atoms with Gasteiger partial charge in [-0.3, -0.25) is 4.79 Å². The second-order valence-corrected chi connectivity index (χ2v) is 8.38. The van der Waals surface area contributed by atoms with Crippen LogP contribution < -0.4 is 10.5 Å². The molecule has 0 radical (unpaired) electrons. The summed E-state index contributed by atoms with van der Waals surface area (Å²) in [5, 5.41) is 4.60. The molecule has 2 aromatic rings. The first-order valence-corrected chi connectivity index (χ1v) is 9.55. The number of benzene rings is 1. The lowest BCUT2D eigenvalue weighted by molar-refractivity contribution is -0.148. The van der Waals surface area contributed by atoms with Gasteiger partial charge in [-0.15, -0.1) is 0 Å². The lowest BCUT2D eigenvalue weighted by Gasteiger charge is -2.49. The molecule has 2 fully saturated rings. The Balaban J connectivity index is 1.71. The van der Waals surface area contributed by atoms with Gasteiger partial charge in [-0.25, -0.2) is 0 Å². The van der Waals surface area contributed by atoms with Crippen molar-refractivity contribution in [1.29, 1.82) is 0 Å². The third kappa shape index (κ3) is 3.14. The van der Waals surface area contributed by atoms with Crippen LogP contribution in [0.5, 0.6) is 0 Å². The molecule has 4 rings (SSSR count). The SMILES string of the molecule is CC1(C)CN(c2cnn(-c3ccccc3)c(=O)c2Cl)CC2(CCCC2)O1. The number of para-hydroxylation sites is 1. The number of hydrogen-bond donors (Lipinski definition) is 0. The first-order valence-electron chi connectivity index (χ1n) is 9.18. The lowest BCUT2D eigenvalue weighted by Crippen LogP contribution is -2.59. The standard InChI is InChI=1S/C20H24ClN3O2/c1-19(2)13-23(14-20(26-19)10-6-7-11-20)16-12-22-24(18(25)17(16)21)15-8-4-3-5-9-15/h3-5,8-9,12H,6-7,10-11,13-14H2,1-2H3. The van der Waals surface area contributed by atoms with Gasteiger partial charge in [0.1, 0.15) is 5.02 Å². The molecule has 6 heteroatoms. The zero-order valence-corrected chi connectivity index (χ0v) is 16.0. The van der Waals surface area contributed by atoms with Crippen molar-refractivity contribution in [2.45, 2.75) is 50.7 Å². The van der Waals surface area contributed by atoms with E-state index in [4.69, 9.17) is 16.3 Å². The van der Waals surface area contributed by atoms with Gasteiger partial charge >= 0.3 is 0 Å². The first-order chi connectivity index (χ1) is 12.4. The number of ether oxygens (including phenoxy) is 1. The lowest BCUT2D eigenvalue weighted by atomic mass is 9.94. The van der Waals surface area contributed by atoms with Crippen molar-refractivity contribution >= 4 is 17.3 Å². The Labute approximate surface area is 158 Å². The predicted octanol–water partition coefficient (Wildman–Crippen LogP) is 3.81. The van der Waals surface area contributed by atoms with E-state index in [2.05, 4.69) is 23.8 Å². The van der Waals surface area contributed by atoms with E-state index < -0.39 is 0 Å². The highest BCUT2D eigenvalue weighted by Crippen LogP contribution is 2.42. The minimum Gasteiger partial charge on any atom is -0.365 e. The summed E-state index contributed by atoms with van der Waals surface area (Å²) in [4.78, 5) is 15.0. The molecule has 0 N–H and O–H groups in total. The minimum absolute atomic E-state index is 0.140. The summed E-state index contributed by atoms with van der Waals surface area (Å²) in [7, 11) is 0. The maximum atomic E-state index is 12.8. The van der Waals surface area contributed by atoms with Crippen molar-refractivity contribution in [1.82, 2.24) is 9.78 Å². The summed E-state index contributed by atoms with van der Waals surface area (Å²) in [6.07, 6.45) is 6.19. The van der Waals surface area contributed by atoms with E-state index >= 15 is 0 Å². The van der Waals surface area contributed by atoms with Gasteiger partial charge in [0.05, 0.1) is 28.8 Å². The average Bonchev–Trinajstić information content (AvgIpc) is 3.03. The van der Waals surface area contributed by atoms with E-state index in [0.717, 1.165) is 19.4 Å². The highest BCUT2D eigenvalue weighted by atomic mass is 35.5. The largest absolute Gasteiger partial charge is 0.365 e. The molecule has 2 heterocycles. The van der Waals surface area contributed by atoms with Gasteiger partial charge in [-0.2, -0.15) is 9.78 Å². The van der Waals surface area contributed by atoms with E-state index in [0.29, 0.717) is 17.9 Å². The van der Waals surface area contributed by atoms with Crippen LogP contribution >= 0.6 is 11.6 Å². The van der Waals surface area contributed by atoms with Crippen LogP contribution in [0.15, 0.2) is 41.3 Å². The Morgan fingerprint density at radius 2 is 1.81 bits per heavy atom. The zero-order chi connectivity index (χ0) is 18.4. The number of hydrogen-bond acceptors (Lipinski definition) is 4. The Bertz CT molecular complexity index is 857. The van der Waals surface area contributed by atoms with E-state index in [9.17, 15) is 4.79 Å².